The van der Waals surface area contributed by atoms with Crippen LogP contribution in [0.2, 0.25) is 0 Å². The number of carboxylic acid groups (broad SMARTS) is 1. The molecule has 2 N–H and O–H groups in total. The molecule has 0 aliphatic rings. The number of alkyl halides is 3. The highest BCUT2D eigenvalue weighted by Crippen LogP contribution is 2.24. The normalized spacial score (nSPS) is 11.1. The predicted octanol–water partition coefficient (Wildman–Crippen LogP) is 2.86. The van der Waals surface area contributed by atoms with Crippen LogP contribution in [0.15, 0.2) is 24.3 Å². The lowest BCUT2D eigenvalue weighted by Gasteiger charge is -2.11. The van der Waals surface area contributed by atoms with Crippen LogP contribution < -0.4 is 10.1 Å². The van der Waals surface area contributed by atoms with Crippen molar-refractivity contribution < 1.29 is 27.8 Å². The van der Waals surface area contributed by atoms with Crippen molar-refractivity contribution in [3.63, 3.8) is 0 Å². The average molecular weight is 263 g/mol. The Morgan fingerprint density at radius 1 is 1.39 bits per heavy atom. The van der Waals surface area contributed by atoms with Gasteiger partial charge >= 0.3 is 12.3 Å². The van der Waals surface area contributed by atoms with Gasteiger partial charge < -0.3 is 15.2 Å². The number of nitrogens with one attached hydrogen (secondary N) is 1. The van der Waals surface area contributed by atoms with Crippen LogP contribution in [-0.2, 0) is 4.79 Å². The molecular formula is C11H12F3NO3. The molecule has 0 bridgehead atoms. The van der Waals surface area contributed by atoms with Gasteiger partial charge in [-0.2, -0.15) is 0 Å². The second-order valence-corrected chi connectivity index (χ2v) is 3.50. The monoisotopic (exact) mass is 263 g/mol. The fourth-order valence-corrected chi connectivity index (χ4v) is 1.28. The van der Waals surface area contributed by atoms with Gasteiger partial charge in [0.2, 0.25) is 0 Å². The van der Waals surface area contributed by atoms with E-state index in [-0.39, 0.29) is 12.2 Å². The smallest absolute Gasteiger partial charge is 0.481 e. The number of hydrogen-bond donors (Lipinski definition) is 2. The molecule has 0 saturated heterocycles. The van der Waals surface area contributed by atoms with Gasteiger partial charge in [-0.05, 0) is 18.6 Å². The van der Waals surface area contributed by atoms with E-state index in [9.17, 15) is 18.0 Å². The van der Waals surface area contributed by atoms with Gasteiger partial charge in [0, 0.05) is 24.7 Å². The largest absolute Gasteiger partial charge is 0.573 e. The number of halogens is 3. The minimum Gasteiger partial charge on any atom is -0.481 e. The van der Waals surface area contributed by atoms with Crippen molar-refractivity contribution >= 4 is 11.7 Å². The summed E-state index contributed by atoms with van der Waals surface area (Å²) in [5, 5.41) is 11.2. The maximum Gasteiger partial charge on any atom is 0.573 e. The lowest BCUT2D eigenvalue weighted by atomic mass is 10.2. The summed E-state index contributed by atoms with van der Waals surface area (Å²) in [6, 6.07) is 5.38. The topological polar surface area (TPSA) is 58.6 Å². The Bertz CT molecular complexity index is 407. The molecule has 0 fully saturated rings. The zero-order chi connectivity index (χ0) is 13.6. The zero-order valence-corrected chi connectivity index (χ0v) is 9.33. The molecule has 0 radical (unpaired) electrons. The van der Waals surface area contributed by atoms with Gasteiger partial charge in [0.25, 0.3) is 0 Å². The highest BCUT2D eigenvalue weighted by Gasteiger charge is 2.31. The van der Waals surface area contributed by atoms with Gasteiger partial charge in [0.05, 0.1) is 0 Å². The standard InChI is InChI=1S/C11H12F3NO3/c12-11(13,14)18-9-4-1-3-8(7-9)15-6-2-5-10(16)17/h1,3-4,7,15H,2,5-6H2,(H,16,17). The number of benzene rings is 1. The molecule has 7 heteroatoms. The Balaban J connectivity index is 2.47. The van der Waals surface area contributed by atoms with Crippen LogP contribution >= 0.6 is 0 Å². The van der Waals surface area contributed by atoms with Crippen LogP contribution in [0.5, 0.6) is 5.75 Å². The number of carbonyl (C=O) groups is 1. The molecule has 0 aromatic heterocycles. The molecule has 1 rings (SSSR count). The molecule has 0 amide bonds. The molecule has 4 nitrogen and oxygen atoms in total. The highest BCUT2D eigenvalue weighted by molar-refractivity contribution is 5.66. The first-order valence-electron chi connectivity index (χ1n) is 5.18. The molecule has 0 spiro atoms. The van der Waals surface area contributed by atoms with Crippen molar-refractivity contribution in [1.82, 2.24) is 0 Å². The number of rotatable bonds is 6. The highest BCUT2D eigenvalue weighted by atomic mass is 19.4. The summed E-state index contributed by atoms with van der Waals surface area (Å²) in [4.78, 5) is 10.2. The first-order chi connectivity index (χ1) is 8.37. The summed E-state index contributed by atoms with van der Waals surface area (Å²) in [6.45, 7) is 0.363. The molecule has 1 aromatic carbocycles. The SMILES string of the molecule is O=C(O)CCCNc1cccc(OC(F)(F)F)c1. The van der Waals surface area contributed by atoms with E-state index in [1.165, 1.54) is 18.2 Å². The third-order valence-electron chi connectivity index (χ3n) is 1.96. The maximum atomic E-state index is 12.0. The van der Waals surface area contributed by atoms with E-state index in [0.717, 1.165) is 0 Å². The van der Waals surface area contributed by atoms with Crippen LogP contribution in [0.3, 0.4) is 0 Å². The van der Waals surface area contributed by atoms with Crippen LogP contribution in [-0.4, -0.2) is 24.0 Å². The van der Waals surface area contributed by atoms with Gasteiger partial charge in [-0.3, -0.25) is 4.79 Å². The molecule has 0 heterocycles. The van der Waals surface area contributed by atoms with Crippen molar-refractivity contribution in [3.05, 3.63) is 24.3 Å². The number of hydrogen-bond acceptors (Lipinski definition) is 3. The summed E-state index contributed by atoms with van der Waals surface area (Å²) >= 11 is 0. The van der Waals surface area contributed by atoms with Crippen molar-refractivity contribution in [2.45, 2.75) is 19.2 Å². The molecule has 18 heavy (non-hydrogen) atoms. The zero-order valence-electron chi connectivity index (χ0n) is 9.33. The van der Waals surface area contributed by atoms with Crippen molar-refractivity contribution in [3.8, 4) is 5.75 Å². The number of aliphatic carboxylic acids is 1. The van der Waals surface area contributed by atoms with Gasteiger partial charge in [0.1, 0.15) is 5.75 Å². The lowest BCUT2D eigenvalue weighted by Crippen LogP contribution is -2.17. The Morgan fingerprint density at radius 3 is 2.72 bits per heavy atom. The van der Waals surface area contributed by atoms with Crippen LogP contribution in [0.4, 0.5) is 18.9 Å². The summed E-state index contributed by atoms with van der Waals surface area (Å²) < 4.78 is 39.6. The molecule has 100 valence electrons. The number of ether oxygens (including phenoxy) is 1. The molecular weight excluding hydrogens is 251 g/mol. The molecule has 0 unspecified atom stereocenters. The van der Waals surface area contributed by atoms with Crippen LogP contribution in [0.25, 0.3) is 0 Å². The van der Waals surface area contributed by atoms with Crippen LogP contribution in [0.1, 0.15) is 12.8 Å². The first-order valence-corrected chi connectivity index (χ1v) is 5.18. The summed E-state index contributed by atoms with van der Waals surface area (Å²) in [5.41, 5.74) is 0.446. The fourth-order valence-electron chi connectivity index (χ4n) is 1.28. The van der Waals surface area contributed by atoms with Gasteiger partial charge in [-0.1, -0.05) is 6.07 Å². The minimum absolute atomic E-state index is 0.00570. The van der Waals surface area contributed by atoms with Crippen molar-refractivity contribution in [2.24, 2.45) is 0 Å². The fraction of sp³-hybridized carbons (Fsp3) is 0.364. The Kier molecular flexibility index (Phi) is 4.82. The van der Waals surface area contributed by atoms with Crippen molar-refractivity contribution in [2.75, 3.05) is 11.9 Å². The summed E-state index contributed by atoms with van der Waals surface area (Å²) in [5.74, 6) is -1.23. The van der Waals surface area contributed by atoms with E-state index in [1.54, 1.807) is 6.07 Å². The van der Waals surface area contributed by atoms with E-state index in [1.807, 2.05) is 0 Å². The van der Waals surface area contributed by atoms with E-state index < -0.39 is 12.3 Å². The summed E-state index contributed by atoms with van der Waals surface area (Å²) in [6.07, 6.45) is -4.33. The lowest BCUT2D eigenvalue weighted by molar-refractivity contribution is -0.274. The summed E-state index contributed by atoms with van der Waals surface area (Å²) in [7, 11) is 0. The Labute approximate surface area is 101 Å². The second kappa shape index (κ2) is 6.13. The molecule has 1 aromatic rings. The van der Waals surface area contributed by atoms with Crippen LogP contribution in [0, 0.1) is 0 Å². The van der Waals surface area contributed by atoms with E-state index in [4.69, 9.17) is 5.11 Å². The third-order valence-corrected chi connectivity index (χ3v) is 1.96. The van der Waals surface area contributed by atoms with Gasteiger partial charge in [0.15, 0.2) is 0 Å². The van der Waals surface area contributed by atoms with Gasteiger partial charge in [-0.15, -0.1) is 13.2 Å². The average Bonchev–Trinajstić information content (AvgIpc) is 2.22. The van der Waals surface area contributed by atoms with E-state index >= 15 is 0 Å². The molecule has 0 aliphatic heterocycles. The van der Waals surface area contributed by atoms with E-state index in [0.29, 0.717) is 18.7 Å². The molecule has 0 atom stereocenters. The number of carboxylic acids is 1. The maximum absolute atomic E-state index is 12.0. The Morgan fingerprint density at radius 2 is 2.11 bits per heavy atom. The molecule has 0 saturated carbocycles. The van der Waals surface area contributed by atoms with Crippen molar-refractivity contribution in [1.29, 1.82) is 0 Å². The Hall–Kier alpha value is -1.92. The minimum atomic E-state index is -4.72. The quantitative estimate of drug-likeness (QED) is 0.775. The van der Waals surface area contributed by atoms with E-state index in [2.05, 4.69) is 10.1 Å². The molecule has 0 aliphatic carbocycles. The third kappa shape index (κ3) is 5.97. The van der Waals surface area contributed by atoms with Gasteiger partial charge in [-0.25, -0.2) is 0 Å². The first kappa shape index (κ1) is 14.1. The predicted molar refractivity (Wildman–Crippen MR) is 58.5 cm³/mol. The second-order valence-electron chi connectivity index (χ2n) is 3.50. The number of anilines is 1.